The lowest BCUT2D eigenvalue weighted by molar-refractivity contribution is 0.0162. The summed E-state index contributed by atoms with van der Waals surface area (Å²) in [6.07, 6.45) is 1.03. The van der Waals surface area contributed by atoms with Gasteiger partial charge in [0.1, 0.15) is 0 Å². The van der Waals surface area contributed by atoms with Crippen molar-refractivity contribution in [2.45, 2.75) is 31.2 Å². The van der Waals surface area contributed by atoms with E-state index in [1.165, 1.54) is 6.07 Å². The van der Waals surface area contributed by atoms with Crippen molar-refractivity contribution in [1.29, 1.82) is 0 Å². The molecule has 0 bridgehead atoms. The van der Waals surface area contributed by atoms with Gasteiger partial charge in [-0.3, -0.25) is 9.69 Å². The van der Waals surface area contributed by atoms with Crippen molar-refractivity contribution in [2.24, 2.45) is 11.8 Å². The van der Waals surface area contributed by atoms with Gasteiger partial charge in [0.2, 0.25) is 10.0 Å². The van der Waals surface area contributed by atoms with Crippen molar-refractivity contribution in [3.63, 3.8) is 0 Å². The number of ether oxygens (including phenoxy) is 1. The highest BCUT2D eigenvalue weighted by atomic mass is 35.5. The number of sulfonamides is 1. The molecule has 0 saturated carbocycles. The van der Waals surface area contributed by atoms with Gasteiger partial charge in [-0.25, -0.2) is 8.42 Å². The topological polar surface area (TPSA) is 79.0 Å². The molecule has 2 aliphatic rings. The van der Waals surface area contributed by atoms with Crippen LogP contribution in [0.2, 0.25) is 5.02 Å². The highest BCUT2D eigenvalue weighted by molar-refractivity contribution is 7.89. The van der Waals surface area contributed by atoms with Crippen LogP contribution in [0.4, 0.5) is 0 Å². The Labute approximate surface area is 219 Å². The van der Waals surface area contributed by atoms with Gasteiger partial charge in [-0.05, 0) is 48.1 Å². The van der Waals surface area contributed by atoms with Crippen LogP contribution in [0.3, 0.4) is 0 Å². The van der Waals surface area contributed by atoms with E-state index in [0.29, 0.717) is 55.3 Å². The zero-order valence-electron chi connectivity index (χ0n) is 21.0. The standard InChI is InChI=1S/C27H36ClN3O4S/c1-20-14-21(2)19-31(18-20)36(33,34)25-5-3-4-23(15-25)27(32)17-29-16-26(30-10-12-35-13-11-30)22-6-8-24(28)9-7-22/h3-9,15,20-21,26,29H,10-14,16-19H2,1-2H3. The molecule has 0 aromatic heterocycles. The van der Waals surface area contributed by atoms with Crippen LogP contribution in [-0.4, -0.2) is 75.9 Å². The average Bonchev–Trinajstić information content (AvgIpc) is 2.87. The van der Waals surface area contributed by atoms with Gasteiger partial charge in [0.25, 0.3) is 0 Å². The highest BCUT2D eigenvalue weighted by Crippen LogP contribution is 2.27. The number of rotatable bonds is 9. The number of nitrogens with zero attached hydrogens (tertiary/aromatic N) is 2. The van der Waals surface area contributed by atoms with E-state index in [0.717, 1.165) is 25.1 Å². The largest absolute Gasteiger partial charge is 0.379 e. The Morgan fingerprint density at radius 1 is 1.08 bits per heavy atom. The molecule has 2 aromatic rings. The molecule has 2 aliphatic heterocycles. The molecule has 1 N–H and O–H groups in total. The average molecular weight is 534 g/mol. The van der Waals surface area contributed by atoms with E-state index in [1.54, 1.807) is 22.5 Å². The van der Waals surface area contributed by atoms with Gasteiger partial charge in [-0.1, -0.05) is 49.7 Å². The minimum Gasteiger partial charge on any atom is -0.379 e. The predicted molar refractivity (Wildman–Crippen MR) is 142 cm³/mol. The van der Waals surface area contributed by atoms with E-state index in [4.69, 9.17) is 16.3 Å². The Bertz CT molecular complexity index is 1130. The third kappa shape index (κ3) is 6.73. The van der Waals surface area contributed by atoms with Crippen LogP contribution in [0.1, 0.15) is 42.2 Å². The molecule has 4 rings (SSSR count). The molecule has 196 valence electrons. The van der Waals surface area contributed by atoms with Crippen molar-refractivity contribution >= 4 is 27.4 Å². The minimum absolute atomic E-state index is 0.0776. The number of morpholine rings is 1. The first kappa shape index (κ1) is 27.2. The summed E-state index contributed by atoms with van der Waals surface area (Å²) < 4.78 is 33.6. The van der Waals surface area contributed by atoms with Gasteiger partial charge in [0.15, 0.2) is 5.78 Å². The smallest absolute Gasteiger partial charge is 0.243 e. The van der Waals surface area contributed by atoms with Crippen molar-refractivity contribution in [1.82, 2.24) is 14.5 Å². The quantitative estimate of drug-likeness (QED) is 0.493. The maximum atomic E-state index is 13.3. The van der Waals surface area contributed by atoms with Gasteiger partial charge in [0.05, 0.1) is 24.7 Å². The lowest BCUT2D eigenvalue weighted by Gasteiger charge is -2.35. The van der Waals surface area contributed by atoms with Crippen LogP contribution >= 0.6 is 11.6 Å². The fourth-order valence-electron chi connectivity index (χ4n) is 5.24. The molecular formula is C27H36ClN3O4S. The Morgan fingerprint density at radius 3 is 2.42 bits per heavy atom. The number of Topliss-reactive ketones (excluding diaryl/α,β-unsaturated/α-hetero) is 1. The molecule has 36 heavy (non-hydrogen) atoms. The van der Waals surface area contributed by atoms with Crippen LogP contribution in [0, 0.1) is 11.8 Å². The number of hydrogen-bond donors (Lipinski definition) is 1. The van der Waals surface area contributed by atoms with Crippen LogP contribution in [-0.2, 0) is 14.8 Å². The second kappa shape index (κ2) is 12.2. The van der Waals surface area contributed by atoms with Crippen LogP contribution < -0.4 is 5.32 Å². The Hall–Kier alpha value is -1.81. The summed E-state index contributed by atoms with van der Waals surface area (Å²) in [6.45, 7) is 8.88. The molecule has 3 unspecified atom stereocenters. The number of carbonyl (C=O) groups is 1. The summed E-state index contributed by atoms with van der Waals surface area (Å²) in [5.41, 5.74) is 1.52. The Morgan fingerprint density at radius 2 is 1.75 bits per heavy atom. The van der Waals surface area contributed by atoms with E-state index in [1.807, 2.05) is 24.3 Å². The van der Waals surface area contributed by atoms with Gasteiger partial charge in [-0.2, -0.15) is 4.31 Å². The highest BCUT2D eigenvalue weighted by Gasteiger charge is 2.32. The first-order chi connectivity index (χ1) is 17.2. The number of halogens is 1. The van der Waals surface area contributed by atoms with Crippen molar-refractivity contribution in [3.05, 3.63) is 64.7 Å². The van der Waals surface area contributed by atoms with Crippen molar-refractivity contribution in [3.8, 4) is 0 Å². The molecule has 2 saturated heterocycles. The molecule has 2 aromatic carbocycles. The fourth-order valence-corrected chi connectivity index (χ4v) is 7.09. The lowest BCUT2D eigenvalue weighted by atomic mass is 9.94. The molecule has 0 aliphatic carbocycles. The number of carbonyl (C=O) groups excluding carboxylic acids is 1. The fraction of sp³-hybridized carbons (Fsp3) is 0.519. The molecule has 0 spiro atoms. The molecule has 2 fully saturated rings. The van der Waals surface area contributed by atoms with Gasteiger partial charge in [-0.15, -0.1) is 0 Å². The van der Waals surface area contributed by atoms with Crippen molar-refractivity contribution in [2.75, 3.05) is 52.5 Å². The minimum atomic E-state index is -3.64. The van der Waals surface area contributed by atoms with Crippen LogP contribution in [0.5, 0.6) is 0 Å². The summed E-state index contributed by atoms with van der Waals surface area (Å²) in [5, 5.41) is 3.99. The maximum Gasteiger partial charge on any atom is 0.243 e. The second-order valence-corrected chi connectivity index (χ2v) is 12.4. The normalized spacial score (nSPS) is 22.9. The number of ketones is 1. The number of piperidine rings is 1. The van der Waals surface area contributed by atoms with E-state index >= 15 is 0 Å². The summed E-state index contributed by atoms with van der Waals surface area (Å²) in [7, 11) is -3.64. The SMILES string of the molecule is CC1CC(C)CN(S(=O)(=O)c2cccc(C(=O)CNCC(c3ccc(Cl)cc3)N3CCOCC3)c2)C1. The third-order valence-electron chi connectivity index (χ3n) is 6.99. The zero-order chi connectivity index (χ0) is 25.7. The monoisotopic (exact) mass is 533 g/mol. The van der Waals surface area contributed by atoms with E-state index in [-0.39, 0.29) is 23.3 Å². The lowest BCUT2D eigenvalue weighted by Crippen LogP contribution is -2.43. The molecule has 2 heterocycles. The summed E-state index contributed by atoms with van der Waals surface area (Å²) in [6, 6.07) is 14.3. The van der Waals surface area contributed by atoms with Gasteiger partial charge in [0, 0.05) is 49.4 Å². The first-order valence-electron chi connectivity index (χ1n) is 12.7. The molecule has 0 radical (unpaired) electrons. The van der Waals surface area contributed by atoms with Crippen LogP contribution in [0.15, 0.2) is 53.4 Å². The van der Waals surface area contributed by atoms with Crippen molar-refractivity contribution < 1.29 is 17.9 Å². The van der Waals surface area contributed by atoms with Gasteiger partial charge < -0.3 is 10.1 Å². The second-order valence-electron chi connectivity index (χ2n) is 10.1. The van der Waals surface area contributed by atoms with E-state index in [9.17, 15) is 13.2 Å². The van der Waals surface area contributed by atoms with E-state index in [2.05, 4.69) is 24.1 Å². The Balaban J connectivity index is 1.42. The van der Waals surface area contributed by atoms with Gasteiger partial charge >= 0.3 is 0 Å². The number of hydrogen-bond acceptors (Lipinski definition) is 6. The Kier molecular flexibility index (Phi) is 9.19. The summed E-state index contributed by atoms with van der Waals surface area (Å²) >= 11 is 6.08. The predicted octanol–water partition coefficient (Wildman–Crippen LogP) is 3.85. The molecule has 7 nitrogen and oxygen atoms in total. The first-order valence-corrected chi connectivity index (χ1v) is 14.5. The molecular weight excluding hydrogens is 498 g/mol. The maximum absolute atomic E-state index is 13.3. The molecule has 0 amide bonds. The molecule has 3 atom stereocenters. The summed E-state index contributed by atoms with van der Waals surface area (Å²) in [5.74, 6) is 0.499. The number of benzene rings is 2. The van der Waals surface area contributed by atoms with E-state index < -0.39 is 10.0 Å². The number of nitrogens with one attached hydrogen (secondary N) is 1. The zero-order valence-corrected chi connectivity index (χ0v) is 22.6. The molecule has 9 heteroatoms. The third-order valence-corrected chi connectivity index (χ3v) is 9.07. The summed E-state index contributed by atoms with van der Waals surface area (Å²) in [4.78, 5) is 15.5. The van der Waals surface area contributed by atoms with Crippen LogP contribution in [0.25, 0.3) is 0 Å².